The maximum atomic E-state index is 12.0. The quantitative estimate of drug-likeness (QED) is 0.320. The molecule has 0 saturated carbocycles. The molecule has 6 rings (SSSR count). The van der Waals surface area contributed by atoms with Crippen LogP contribution in [0.2, 0.25) is 0 Å². The molecule has 8 heteroatoms. The van der Waals surface area contributed by atoms with Gasteiger partial charge in [-0.15, -0.1) is 0 Å². The zero-order valence-electron chi connectivity index (χ0n) is 20.1. The van der Waals surface area contributed by atoms with Gasteiger partial charge in [0.1, 0.15) is 29.7 Å². The van der Waals surface area contributed by atoms with E-state index in [-0.39, 0.29) is 5.56 Å². The highest BCUT2D eigenvalue weighted by molar-refractivity contribution is 6.02. The Bertz CT molecular complexity index is 1790. The molecule has 0 atom stereocenters. The van der Waals surface area contributed by atoms with Gasteiger partial charge in [0, 0.05) is 23.4 Å². The van der Waals surface area contributed by atoms with E-state index in [1.54, 1.807) is 25.8 Å². The van der Waals surface area contributed by atoms with Gasteiger partial charge in [0.2, 0.25) is 0 Å². The molecule has 0 fully saturated rings. The predicted octanol–water partition coefficient (Wildman–Crippen LogP) is 5.75. The van der Waals surface area contributed by atoms with Crippen LogP contribution >= 0.6 is 0 Å². The Morgan fingerprint density at radius 2 is 1.54 bits per heavy atom. The van der Waals surface area contributed by atoms with Crippen molar-refractivity contribution in [3.05, 3.63) is 97.1 Å². The predicted molar refractivity (Wildman–Crippen MR) is 141 cm³/mol. The number of hydrogen-bond acceptors (Lipinski definition) is 5. The third-order valence-electron chi connectivity index (χ3n) is 6.45. The van der Waals surface area contributed by atoms with Crippen LogP contribution in [-0.2, 0) is 0 Å². The molecule has 0 amide bonds. The molecular weight excluding hydrogens is 468 g/mol. The van der Waals surface area contributed by atoms with E-state index in [0.29, 0.717) is 16.8 Å². The van der Waals surface area contributed by atoms with Gasteiger partial charge in [-0.25, -0.2) is 14.8 Å². The number of carbonyl (C=O) groups is 1. The lowest BCUT2D eigenvalue weighted by atomic mass is 10.0. The number of aromatic carboxylic acids is 1. The van der Waals surface area contributed by atoms with Crippen molar-refractivity contribution < 1.29 is 19.4 Å². The summed E-state index contributed by atoms with van der Waals surface area (Å²) in [6.45, 7) is 0. The number of imidazole rings is 2. The lowest BCUT2D eigenvalue weighted by Crippen LogP contribution is -2.02. The zero-order valence-corrected chi connectivity index (χ0v) is 20.1. The molecule has 6 aromatic rings. The van der Waals surface area contributed by atoms with Crippen molar-refractivity contribution >= 4 is 28.0 Å². The number of fused-ring (bicyclic) bond motifs is 2. The number of methoxy groups -OCH3 is 2. The molecule has 8 nitrogen and oxygen atoms in total. The fraction of sp³-hybridized carbons (Fsp3) is 0.0690. The number of carboxylic acid groups (broad SMARTS) is 1. The van der Waals surface area contributed by atoms with Gasteiger partial charge in [-0.1, -0.05) is 36.4 Å². The summed E-state index contributed by atoms with van der Waals surface area (Å²) in [6, 6.07) is 25.2. The van der Waals surface area contributed by atoms with E-state index in [4.69, 9.17) is 9.47 Å². The maximum Gasteiger partial charge on any atom is 0.338 e. The first-order chi connectivity index (χ1) is 18.1. The van der Waals surface area contributed by atoms with Gasteiger partial charge in [-0.05, 0) is 35.9 Å². The molecule has 2 heterocycles. The maximum absolute atomic E-state index is 12.0. The third-order valence-corrected chi connectivity index (χ3v) is 6.45. The number of rotatable bonds is 6. The summed E-state index contributed by atoms with van der Waals surface area (Å²) < 4.78 is 14.7. The highest BCUT2D eigenvalue weighted by Crippen LogP contribution is 2.34. The first kappa shape index (κ1) is 22.4. The fourth-order valence-corrected chi connectivity index (χ4v) is 4.61. The fourth-order valence-electron chi connectivity index (χ4n) is 4.61. The second-order valence-corrected chi connectivity index (χ2v) is 8.50. The van der Waals surface area contributed by atoms with Crippen LogP contribution in [-0.4, -0.2) is 44.4 Å². The summed E-state index contributed by atoms with van der Waals surface area (Å²) in [4.78, 5) is 21.0. The summed E-state index contributed by atoms with van der Waals surface area (Å²) >= 11 is 0. The third kappa shape index (κ3) is 3.75. The van der Waals surface area contributed by atoms with E-state index >= 15 is 0 Å². The Morgan fingerprint density at radius 3 is 2.30 bits per heavy atom. The summed E-state index contributed by atoms with van der Waals surface area (Å²) in [5.41, 5.74) is 6.54. The Hall–Kier alpha value is -5.11. The van der Waals surface area contributed by atoms with Crippen LogP contribution < -0.4 is 9.47 Å². The lowest BCUT2D eigenvalue weighted by molar-refractivity contribution is 0.0698. The number of benzene rings is 4. The van der Waals surface area contributed by atoms with Gasteiger partial charge >= 0.3 is 5.97 Å². The standard InChI is InChI=1S/C29H22N4O4/c1-36-20-9-11-24-26(14-20)32(16-30-24)19-8-10-22(18-6-4-3-5-7-18)25(12-19)33-17-31-28-23(29(34)35)13-21(37-2)15-27(28)33/h3-17H,1-2H3,(H,34,35). The van der Waals surface area contributed by atoms with Gasteiger partial charge in [0.25, 0.3) is 0 Å². The Kier molecular flexibility index (Phi) is 5.34. The highest BCUT2D eigenvalue weighted by atomic mass is 16.5. The van der Waals surface area contributed by atoms with E-state index in [9.17, 15) is 9.90 Å². The van der Waals surface area contributed by atoms with Crippen molar-refractivity contribution in [3.63, 3.8) is 0 Å². The number of ether oxygens (including phenoxy) is 2. The molecular formula is C29H22N4O4. The average Bonchev–Trinajstić information content (AvgIpc) is 3.56. The van der Waals surface area contributed by atoms with Crippen LogP contribution in [0, 0.1) is 0 Å². The minimum Gasteiger partial charge on any atom is -0.497 e. The van der Waals surface area contributed by atoms with Crippen molar-refractivity contribution in [2.24, 2.45) is 0 Å². The van der Waals surface area contributed by atoms with Crippen molar-refractivity contribution in [1.82, 2.24) is 19.1 Å². The van der Waals surface area contributed by atoms with Gasteiger partial charge in [0.05, 0.1) is 42.0 Å². The zero-order chi connectivity index (χ0) is 25.5. The molecule has 182 valence electrons. The van der Waals surface area contributed by atoms with Crippen LogP contribution in [0.3, 0.4) is 0 Å². The Morgan fingerprint density at radius 1 is 0.784 bits per heavy atom. The summed E-state index contributed by atoms with van der Waals surface area (Å²) in [5, 5.41) is 9.80. The van der Waals surface area contributed by atoms with Crippen molar-refractivity contribution in [2.45, 2.75) is 0 Å². The summed E-state index contributed by atoms with van der Waals surface area (Å²) in [6.07, 6.45) is 3.43. The minimum atomic E-state index is -1.06. The van der Waals surface area contributed by atoms with Crippen LogP contribution in [0.1, 0.15) is 10.4 Å². The number of nitrogens with zero attached hydrogens (tertiary/aromatic N) is 4. The second kappa shape index (κ2) is 8.83. The molecule has 1 N–H and O–H groups in total. The molecule has 0 aliphatic rings. The molecule has 0 aliphatic heterocycles. The van der Waals surface area contributed by atoms with Crippen molar-refractivity contribution in [2.75, 3.05) is 14.2 Å². The molecule has 37 heavy (non-hydrogen) atoms. The molecule has 0 saturated heterocycles. The lowest BCUT2D eigenvalue weighted by Gasteiger charge is -2.15. The van der Waals surface area contributed by atoms with E-state index < -0.39 is 5.97 Å². The summed E-state index contributed by atoms with van der Waals surface area (Å²) in [7, 11) is 3.15. The van der Waals surface area contributed by atoms with E-state index in [0.717, 1.165) is 39.3 Å². The topological polar surface area (TPSA) is 91.4 Å². The normalized spacial score (nSPS) is 11.2. The molecule has 0 bridgehead atoms. The molecule has 0 spiro atoms. The van der Waals surface area contributed by atoms with Gasteiger partial charge in [-0.2, -0.15) is 0 Å². The van der Waals surface area contributed by atoms with E-state index in [1.807, 2.05) is 69.8 Å². The Balaban J connectivity index is 1.63. The van der Waals surface area contributed by atoms with Crippen molar-refractivity contribution in [1.29, 1.82) is 0 Å². The van der Waals surface area contributed by atoms with Gasteiger partial charge < -0.3 is 14.6 Å². The molecule has 0 unspecified atom stereocenters. The second-order valence-electron chi connectivity index (χ2n) is 8.50. The highest BCUT2D eigenvalue weighted by Gasteiger charge is 2.19. The van der Waals surface area contributed by atoms with E-state index in [2.05, 4.69) is 16.0 Å². The molecule has 2 aromatic heterocycles. The first-order valence-corrected chi connectivity index (χ1v) is 11.6. The molecule has 4 aromatic carbocycles. The van der Waals surface area contributed by atoms with Crippen molar-refractivity contribution in [3.8, 4) is 34.0 Å². The van der Waals surface area contributed by atoms with Crippen LogP contribution in [0.5, 0.6) is 11.5 Å². The first-order valence-electron chi connectivity index (χ1n) is 11.6. The SMILES string of the molecule is COc1ccc2ncn(-c3ccc(-c4ccccc4)c(-n4cnc5c(C(=O)O)cc(OC)cc54)c3)c2c1. The number of hydrogen-bond donors (Lipinski definition) is 1. The number of aromatic nitrogens is 4. The van der Waals surface area contributed by atoms with Crippen LogP contribution in [0.4, 0.5) is 0 Å². The van der Waals surface area contributed by atoms with E-state index in [1.165, 1.54) is 13.2 Å². The number of carboxylic acids is 1. The van der Waals surface area contributed by atoms with Gasteiger partial charge in [-0.3, -0.25) is 9.13 Å². The molecule has 0 aliphatic carbocycles. The largest absolute Gasteiger partial charge is 0.497 e. The Labute approximate surface area is 212 Å². The average molecular weight is 491 g/mol. The summed E-state index contributed by atoms with van der Waals surface area (Å²) in [5.74, 6) is 0.117. The smallest absolute Gasteiger partial charge is 0.338 e. The minimum absolute atomic E-state index is 0.0817. The van der Waals surface area contributed by atoms with Gasteiger partial charge in [0.15, 0.2) is 0 Å². The van der Waals surface area contributed by atoms with Crippen LogP contribution in [0.25, 0.3) is 44.6 Å². The monoisotopic (exact) mass is 490 g/mol. The molecule has 0 radical (unpaired) electrons. The van der Waals surface area contributed by atoms with Crippen LogP contribution in [0.15, 0.2) is 91.5 Å².